The Bertz CT molecular complexity index is 1040. The molecule has 29 heavy (non-hydrogen) atoms. The molecule has 2 aromatic carbocycles. The van der Waals surface area contributed by atoms with Gasteiger partial charge in [0.2, 0.25) is 11.1 Å². The highest BCUT2D eigenvalue weighted by molar-refractivity contribution is 7.99. The molecule has 0 saturated heterocycles. The van der Waals surface area contributed by atoms with E-state index in [0.717, 1.165) is 11.8 Å². The zero-order valence-corrected chi connectivity index (χ0v) is 16.3. The van der Waals surface area contributed by atoms with Crippen LogP contribution in [0.4, 0.5) is 10.1 Å². The second-order valence-corrected chi connectivity index (χ2v) is 6.89. The van der Waals surface area contributed by atoms with Crippen molar-refractivity contribution in [1.82, 2.24) is 14.9 Å². The van der Waals surface area contributed by atoms with Crippen molar-refractivity contribution in [3.8, 4) is 0 Å². The van der Waals surface area contributed by atoms with E-state index in [1.807, 2.05) is 0 Å². The molecule has 0 unspecified atom stereocenters. The number of nitrogens with one attached hydrogen (secondary N) is 1. The number of amides is 1. The highest BCUT2D eigenvalue weighted by Crippen LogP contribution is 2.18. The van der Waals surface area contributed by atoms with Crippen molar-refractivity contribution < 1.29 is 18.7 Å². The summed E-state index contributed by atoms with van der Waals surface area (Å²) in [5, 5.41) is 10.9. The van der Waals surface area contributed by atoms with Gasteiger partial charge in [0.15, 0.2) is 5.82 Å². The molecule has 3 N–H and O–H groups in total. The van der Waals surface area contributed by atoms with E-state index in [1.165, 1.54) is 23.9 Å². The third kappa shape index (κ3) is 5.11. The van der Waals surface area contributed by atoms with Crippen LogP contribution < -0.4 is 11.2 Å². The van der Waals surface area contributed by atoms with Crippen LogP contribution in [0.1, 0.15) is 21.7 Å². The molecule has 0 radical (unpaired) electrons. The number of hydrogen-bond acceptors (Lipinski definition) is 7. The van der Waals surface area contributed by atoms with Crippen LogP contribution in [0.2, 0.25) is 0 Å². The first kappa shape index (κ1) is 20.3. The lowest BCUT2D eigenvalue weighted by Gasteiger charge is -2.07. The molecule has 0 saturated carbocycles. The molecule has 1 aromatic heterocycles. The number of nitrogens with two attached hydrogens (primary N) is 1. The number of benzene rings is 2. The van der Waals surface area contributed by atoms with Crippen molar-refractivity contribution in [2.45, 2.75) is 11.6 Å². The highest BCUT2D eigenvalue weighted by Gasteiger charge is 2.14. The first-order chi connectivity index (χ1) is 14.0. The van der Waals surface area contributed by atoms with Gasteiger partial charge in [0, 0.05) is 12.1 Å². The minimum absolute atomic E-state index is 0.0253. The predicted molar refractivity (Wildman–Crippen MR) is 107 cm³/mol. The number of carbonyl (C=O) groups is 2. The summed E-state index contributed by atoms with van der Waals surface area (Å²) in [4.78, 5) is 23.8. The van der Waals surface area contributed by atoms with Gasteiger partial charge in [-0.15, -0.1) is 10.2 Å². The monoisotopic (exact) mass is 415 g/mol. The largest absolute Gasteiger partial charge is 0.465 e. The average Bonchev–Trinajstić information content (AvgIpc) is 3.07. The van der Waals surface area contributed by atoms with E-state index in [4.69, 9.17) is 5.84 Å². The van der Waals surface area contributed by atoms with E-state index in [-0.39, 0.29) is 23.9 Å². The van der Waals surface area contributed by atoms with Gasteiger partial charge in [-0.1, -0.05) is 36.0 Å². The Morgan fingerprint density at radius 3 is 2.76 bits per heavy atom. The maximum Gasteiger partial charge on any atom is 0.337 e. The molecule has 0 atom stereocenters. The van der Waals surface area contributed by atoms with Crippen LogP contribution >= 0.6 is 11.8 Å². The van der Waals surface area contributed by atoms with Crippen LogP contribution in [0.25, 0.3) is 0 Å². The molecule has 0 bridgehead atoms. The Balaban J connectivity index is 1.59. The first-order valence-corrected chi connectivity index (χ1v) is 9.50. The van der Waals surface area contributed by atoms with Crippen molar-refractivity contribution in [3.63, 3.8) is 0 Å². The molecular formula is C19H18FN5O3S. The Labute approximate surface area is 170 Å². The molecular weight excluding hydrogens is 397 g/mol. The van der Waals surface area contributed by atoms with Gasteiger partial charge in [0.05, 0.1) is 18.4 Å². The number of rotatable bonds is 7. The number of aromatic nitrogens is 3. The summed E-state index contributed by atoms with van der Waals surface area (Å²) < 4.78 is 19.7. The number of esters is 1. The molecule has 1 amide bonds. The lowest BCUT2D eigenvalue weighted by Crippen LogP contribution is -2.17. The van der Waals surface area contributed by atoms with E-state index in [9.17, 15) is 14.0 Å². The minimum atomic E-state index is -0.492. The first-order valence-electron chi connectivity index (χ1n) is 8.51. The second kappa shape index (κ2) is 9.20. The van der Waals surface area contributed by atoms with Crippen LogP contribution in [0.15, 0.2) is 53.7 Å². The molecule has 0 aliphatic carbocycles. The lowest BCUT2D eigenvalue weighted by atomic mass is 10.1. The van der Waals surface area contributed by atoms with Crippen LogP contribution in [-0.4, -0.2) is 39.6 Å². The highest BCUT2D eigenvalue weighted by atomic mass is 32.2. The third-order valence-electron chi connectivity index (χ3n) is 3.94. The molecule has 0 aliphatic heterocycles. The number of ether oxygens (including phenoxy) is 1. The molecule has 10 heteroatoms. The predicted octanol–water partition coefficient (Wildman–Crippen LogP) is 2.24. The second-order valence-electron chi connectivity index (χ2n) is 5.95. The summed E-state index contributed by atoms with van der Waals surface area (Å²) in [6.07, 6.45) is 0.184. The summed E-state index contributed by atoms with van der Waals surface area (Å²) in [6, 6.07) is 12.7. The van der Waals surface area contributed by atoms with Crippen LogP contribution in [0.3, 0.4) is 0 Å². The number of nitrogen functional groups attached to an aromatic ring is 1. The smallest absolute Gasteiger partial charge is 0.337 e. The molecule has 0 spiro atoms. The molecule has 0 aliphatic rings. The standard InChI is InChI=1S/C19H18FN5O3S/c1-28-18(27)13-6-4-7-14(9-13)22-17(26)11-29-19-24-23-16(25(19)21)10-12-5-2-3-8-15(12)20/h2-9H,10-11,21H2,1H3,(H,22,26). The molecule has 3 aromatic rings. The van der Waals surface area contributed by atoms with Gasteiger partial charge in [-0.3, -0.25) is 4.79 Å². The number of hydrogen-bond donors (Lipinski definition) is 2. The van der Waals surface area contributed by atoms with Gasteiger partial charge < -0.3 is 15.9 Å². The normalized spacial score (nSPS) is 10.6. The van der Waals surface area contributed by atoms with Crippen LogP contribution in [-0.2, 0) is 16.0 Å². The van der Waals surface area contributed by atoms with Gasteiger partial charge in [-0.05, 0) is 29.8 Å². The fourth-order valence-electron chi connectivity index (χ4n) is 2.51. The topological polar surface area (TPSA) is 112 Å². The Kier molecular flexibility index (Phi) is 6.45. The number of methoxy groups -OCH3 is 1. The van der Waals surface area contributed by atoms with Gasteiger partial charge in [-0.2, -0.15) is 0 Å². The summed E-state index contributed by atoms with van der Waals surface area (Å²) in [5.41, 5.74) is 1.25. The third-order valence-corrected chi connectivity index (χ3v) is 4.88. The number of carbonyl (C=O) groups excluding carboxylic acids is 2. The lowest BCUT2D eigenvalue weighted by molar-refractivity contribution is -0.113. The van der Waals surface area contributed by atoms with Crippen molar-refractivity contribution in [1.29, 1.82) is 0 Å². The maximum atomic E-state index is 13.8. The van der Waals surface area contributed by atoms with E-state index < -0.39 is 5.97 Å². The molecule has 0 fully saturated rings. The number of thioether (sulfide) groups is 1. The van der Waals surface area contributed by atoms with Crippen molar-refractivity contribution in [2.24, 2.45) is 0 Å². The zero-order valence-electron chi connectivity index (χ0n) is 15.5. The summed E-state index contributed by atoms with van der Waals surface area (Å²) in [6.45, 7) is 0. The Hall–Kier alpha value is -3.40. The van der Waals surface area contributed by atoms with Gasteiger partial charge >= 0.3 is 5.97 Å². The minimum Gasteiger partial charge on any atom is -0.465 e. The quantitative estimate of drug-likeness (QED) is 0.346. The maximum absolute atomic E-state index is 13.8. The SMILES string of the molecule is COC(=O)c1cccc(NC(=O)CSc2nnc(Cc3ccccc3F)n2N)c1. The van der Waals surface area contributed by atoms with Gasteiger partial charge in [0.25, 0.3) is 0 Å². The number of nitrogens with zero attached hydrogens (tertiary/aromatic N) is 3. The van der Waals surface area contributed by atoms with Crippen molar-refractivity contribution in [2.75, 3.05) is 24.0 Å². The van der Waals surface area contributed by atoms with Crippen LogP contribution in [0.5, 0.6) is 0 Å². The molecule has 3 rings (SSSR count). The van der Waals surface area contributed by atoms with Gasteiger partial charge in [-0.25, -0.2) is 13.9 Å². The Morgan fingerprint density at radius 2 is 2.00 bits per heavy atom. The summed E-state index contributed by atoms with van der Waals surface area (Å²) in [7, 11) is 1.29. The fourth-order valence-corrected chi connectivity index (χ4v) is 3.18. The van der Waals surface area contributed by atoms with Crippen molar-refractivity contribution in [3.05, 3.63) is 71.3 Å². The average molecular weight is 415 g/mol. The molecule has 8 nitrogen and oxygen atoms in total. The molecule has 1 heterocycles. The summed E-state index contributed by atoms with van der Waals surface area (Å²) in [5.74, 6) is 5.23. The van der Waals surface area contributed by atoms with E-state index >= 15 is 0 Å². The van der Waals surface area contributed by atoms with Gasteiger partial charge in [0.1, 0.15) is 5.82 Å². The number of anilines is 1. The molecule has 150 valence electrons. The number of halogens is 1. The fraction of sp³-hybridized carbons (Fsp3) is 0.158. The van der Waals surface area contributed by atoms with Crippen molar-refractivity contribution >= 4 is 29.3 Å². The summed E-state index contributed by atoms with van der Waals surface area (Å²) >= 11 is 1.09. The van der Waals surface area contributed by atoms with E-state index in [0.29, 0.717) is 27.8 Å². The van der Waals surface area contributed by atoms with E-state index in [1.54, 1.807) is 36.4 Å². The van der Waals surface area contributed by atoms with E-state index in [2.05, 4.69) is 20.3 Å². The van der Waals surface area contributed by atoms with Crippen LogP contribution in [0, 0.1) is 5.82 Å². The Morgan fingerprint density at radius 1 is 1.21 bits per heavy atom. The zero-order chi connectivity index (χ0) is 20.8.